The molecule has 0 radical (unpaired) electrons. The first-order chi connectivity index (χ1) is 8.24. The summed E-state index contributed by atoms with van der Waals surface area (Å²) in [6.07, 6.45) is 0.289. The monoisotopic (exact) mass is 279 g/mol. The molecular weight excluding hydrogens is 258 g/mol. The first-order valence-corrected chi connectivity index (χ1v) is 7.64. The number of carboxylic acids is 1. The van der Waals surface area contributed by atoms with Gasteiger partial charge >= 0.3 is 5.97 Å². The molecule has 0 spiro atoms. The molecule has 1 rings (SSSR count). The van der Waals surface area contributed by atoms with Gasteiger partial charge in [0.1, 0.15) is 11.3 Å². The number of aliphatic carboxylic acids is 1. The molecule has 1 saturated heterocycles. The van der Waals surface area contributed by atoms with Gasteiger partial charge in [-0.15, -0.1) is 0 Å². The van der Waals surface area contributed by atoms with E-state index >= 15 is 0 Å². The molecule has 2 unspecified atom stereocenters. The van der Waals surface area contributed by atoms with E-state index in [0.29, 0.717) is 13.0 Å². The summed E-state index contributed by atoms with van der Waals surface area (Å²) in [5, 5.41) is 8.38. The molecule has 7 heteroatoms. The predicted octanol–water partition coefficient (Wildman–Crippen LogP) is 0.583. The molecule has 3 atom stereocenters. The highest BCUT2D eigenvalue weighted by atomic mass is 32.2. The number of carbonyl (C=O) groups is 1. The zero-order valence-electron chi connectivity index (χ0n) is 10.9. The van der Waals surface area contributed by atoms with Gasteiger partial charge in [0.25, 0.3) is 0 Å². The van der Waals surface area contributed by atoms with Crippen LogP contribution >= 0.6 is 0 Å². The molecule has 1 heterocycles. The van der Waals surface area contributed by atoms with E-state index in [-0.39, 0.29) is 12.3 Å². The van der Waals surface area contributed by atoms with Crippen molar-refractivity contribution >= 4 is 16.0 Å². The summed E-state index contributed by atoms with van der Waals surface area (Å²) in [6.45, 7) is 5.79. The van der Waals surface area contributed by atoms with Crippen LogP contribution in [-0.4, -0.2) is 43.5 Å². The van der Waals surface area contributed by atoms with Gasteiger partial charge < -0.3 is 9.84 Å². The largest absolute Gasteiger partial charge is 0.480 e. The lowest BCUT2D eigenvalue weighted by Gasteiger charge is -2.21. The van der Waals surface area contributed by atoms with Crippen molar-refractivity contribution in [3.8, 4) is 0 Å². The average molecular weight is 279 g/mol. The standard InChI is InChI=1S/C11H21NO5S/c1-7(2)6-9(11(13)14)12-18(15,16)10-4-5-17-8(10)3/h7-10,12H,4-6H2,1-3H3,(H,13,14)/t8?,9-,10?/m0/s1. The van der Waals surface area contributed by atoms with E-state index in [4.69, 9.17) is 9.84 Å². The van der Waals surface area contributed by atoms with Crippen LogP contribution < -0.4 is 4.72 Å². The predicted molar refractivity (Wildman–Crippen MR) is 66.8 cm³/mol. The van der Waals surface area contributed by atoms with Gasteiger partial charge in [-0.1, -0.05) is 13.8 Å². The van der Waals surface area contributed by atoms with E-state index in [1.807, 2.05) is 13.8 Å². The number of sulfonamides is 1. The van der Waals surface area contributed by atoms with Gasteiger partial charge in [0, 0.05) is 6.61 Å². The number of carboxylic acid groups (broad SMARTS) is 1. The van der Waals surface area contributed by atoms with Crippen molar-refractivity contribution < 1.29 is 23.1 Å². The van der Waals surface area contributed by atoms with Crippen LogP contribution in [-0.2, 0) is 19.6 Å². The van der Waals surface area contributed by atoms with E-state index in [9.17, 15) is 13.2 Å². The third-order valence-corrected chi connectivity index (χ3v) is 5.05. The first kappa shape index (κ1) is 15.4. The van der Waals surface area contributed by atoms with Crippen LogP contribution in [0.3, 0.4) is 0 Å². The lowest BCUT2D eigenvalue weighted by molar-refractivity contribution is -0.139. The molecule has 1 fully saturated rings. The van der Waals surface area contributed by atoms with Crippen LogP contribution in [0.1, 0.15) is 33.6 Å². The highest BCUT2D eigenvalue weighted by molar-refractivity contribution is 7.90. The Morgan fingerprint density at radius 2 is 2.11 bits per heavy atom. The Balaban J connectivity index is 2.76. The Bertz CT molecular complexity index is 392. The van der Waals surface area contributed by atoms with E-state index in [1.54, 1.807) is 6.92 Å². The molecule has 106 valence electrons. The molecule has 0 aromatic heterocycles. The highest BCUT2D eigenvalue weighted by Crippen LogP contribution is 2.21. The molecule has 0 aliphatic carbocycles. The van der Waals surface area contributed by atoms with E-state index in [1.165, 1.54) is 0 Å². The molecule has 0 amide bonds. The molecule has 0 bridgehead atoms. The summed E-state index contributed by atoms with van der Waals surface area (Å²) in [4.78, 5) is 11.1. The van der Waals surface area contributed by atoms with Crippen LogP contribution in [0.5, 0.6) is 0 Å². The van der Waals surface area contributed by atoms with Gasteiger partial charge in [-0.2, -0.15) is 0 Å². The molecule has 0 aromatic carbocycles. The van der Waals surface area contributed by atoms with Crippen molar-refractivity contribution in [3.05, 3.63) is 0 Å². The summed E-state index contributed by atoms with van der Waals surface area (Å²) < 4.78 is 31.7. The Kier molecular flexibility index (Phi) is 5.12. The van der Waals surface area contributed by atoms with Crippen molar-refractivity contribution in [1.29, 1.82) is 0 Å². The van der Waals surface area contributed by atoms with Crippen LogP contribution in [0.2, 0.25) is 0 Å². The molecule has 0 aromatic rings. The molecule has 2 N–H and O–H groups in total. The van der Waals surface area contributed by atoms with Gasteiger partial charge in [0.15, 0.2) is 0 Å². The first-order valence-electron chi connectivity index (χ1n) is 6.09. The molecule has 1 aliphatic rings. The molecule has 6 nitrogen and oxygen atoms in total. The fraction of sp³-hybridized carbons (Fsp3) is 0.909. The lowest BCUT2D eigenvalue weighted by atomic mass is 10.1. The van der Waals surface area contributed by atoms with Gasteiger partial charge in [-0.05, 0) is 25.7 Å². The van der Waals surface area contributed by atoms with E-state index in [2.05, 4.69) is 4.72 Å². The van der Waals surface area contributed by atoms with Crippen molar-refractivity contribution in [2.75, 3.05) is 6.61 Å². The maximum Gasteiger partial charge on any atom is 0.321 e. The third-order valence-electron chi connectivity index (χ3n) is 3.02. The summed E-state index contributed by atoms with van der Waals surface area (Å²) >= 11 is 0. The molecular formula is C11H21NO5S. The average Bonchev–Trinajstić information content (AvgIpc) is 2.62. The van der Waals surface area contributed by atoms with Crippen LogP contribution in [0.4, 0.5) is 0 Å². The van der Waals surface area contributed by atoms with Gasteiger partial charge in [-0.25, -0.2) is 13.1 Å². The normalized spacial score (nSPS) is 26.4. The zero-order chi connectivity index (χ0) is 13.9. The number of hydrogen-bond acceptors (Lipinski definition) is 4. The van der Waals surface area contributed by atoms with Crippen LogP contribution in [0, 0.1) is 5.92 Å². The number of rotatable bonds is 6. The van der Waals surface area contributed by atoms with E-state index in [0.717, 1.165) is 0 Å². The van der Waals surface area contributed by atoms with Crippen molar-refractivity contribution in [3.63, 3.8) is 0 Å². The lowest BCUT2D eigenvalue weighted by Crippen LogP contribution is -2.47. The highest BCUT2D eigenvalue weighted by Gasteiger charge is 2.38. The summed E-state index contributed by atoms with van der Waals surface area (Å²) in [5.41, 5.74) is 0. The molecule has 0 saturated carbocycles. The maximum absolute atomic E-state index is 12.1. The SMILES string of the molecule is CC(C)C[C@H](NS(=O)(=O)C1CCOC1C)C(=O)O. The fourth-order valence-corrected chi connectivity index (χ4v) is 3.83. The zero-order valence-corrected chi connectivity index (χ0v) is 11.7. The number of hydrogen-bond donors (Lipinski definition) is 2. The van der Waals surface area contributed by atoms with Gasteiger partial charge in [-0.3, -0.25) is 4.79 Å². The molecule has 1 aliphatic heterocycles. The third kappa shape index (κ3) is 3.93. The minimum atomic E-state index is -3.65. The number of nitrogens with one attached hydrogen (secondary N) is 1. The molecule has 18 heavy (non-hydrogen) atoms. The minimum absolute atomic E-state index is 0.103. The number of ether oxygens (including phenoxy) is 1. The van der Waals surface area contributed by atoms with Crippen molar-refractivity contribution in [1.82, 2.24) is 4.72 Å². The summed E-state index contributed by atoms with van der Waals surface area (Å²) in [6, 6.07) is -1.07. The maximum atomic E-state index is 12.1. The Morgan fingerprint density at radius 3 is 2.50 bits per heavy atom. The van der Waals surface area contributed by atoms with Gasteiger partial charge in [0.05, 0.1) is 6.10 Å². The van der Waals surface area contributed by atoms with Crippen LogP contribution in [0.15, 0.2) is 0 Å². The topological polar surface area (TPSA) is 92.7 Å². The minimum Gasteiger partial charge on any atom is -0.480 e. The summed E-state index contributed by atoms with van der Waals surface area (Å²) in [5.74, 6) is -1.04. The quantitative estimate of drug-likeness (QED) is 0.742. The smallest absolute Gasteiger partial charge is 0.321 e. The Morgan fingerprint density at radius 1 is 1.50 bits per heavy atom. The second-order valence-corrected chi connectivity index (χ2v) is 7.02. The van der Waals surface area contributed by atoms with Crippen molar-refractivity contribution in [2.45, 2.75) is 51.0 Å². The summed E-state index contributed by atoms with van der Waals surface area (Å²) in [7, 11) is -3.65. The van der Waals surface area contributed by atoms with Crippen molar-refractivity contribution in [2.24, 2.45) is 5.92 Å². The van der Waals surface area contributed by atoms with Crippen LogP contribution in [0.25, 0.3) is 0 Å². The second-order valence-electron chi connectivity index (χ2n) is 5.09. The van der Waals surface area contributed by atoms with E-state index < -0.39 is 33.4 Å². The Hall–Kier alpha value is -0.660. The fourth-order valence-electron chi connectivity index (χ4n) is 2.08. The Labute approximate surface area is 108 Å². The second kappa shape index (κ2) is 5.99. The van der Waals surface area contributed by atoms with Gasteiger partial charge in [0.2, 0.25) is 10.0 Å².